The van der Waals surface area contributed by atoms with Crippen molar-refractivity contribution in [2.45, 2.75) is 18.8 Å². The summed E-state index contributed by atoms with van der Waals surface area (Å²) in [5.41, 5.74) is 1.89. The van der Waals surface area contributed by atoms with Crippen molar-refractivity contribution < 1.29 is 9.18 Å². The van der Waals surface area contributed by atoms with Gasteiger partial charge in [0.2, 0.25) is 0 Å². The highest BCUT2D eigenvalue weighted by molar-refractivity contribution is 5.98. The van der Waals surface area contributed by atoms with E-state index in [1.54, 1.807) is 24.4 Å². The molecule has 23 heavy (non-hydrogen) atoms. The molecule has 1 fully saturated rings. The Hall–Kier alpha value is -2.63. The van der Waals surface area contributed by atoms with E-state index in [2.05, 4.69) is 15.2 Å². The van der Waals surface area contributed by atoms with Gasteiger partial charge in [-0.1, -0.05) is 12.1 Å². The van der Waals surface area contributed by atoms with E-state index in [4.69, 9.17) is 0 Å². The molecular formula is C17H17FN4O. The molecule has 0 spiro atoms. The molecule has 1 aliphatic heterocycles. The molecule has 0 bridgehead atoms. The predicted molar refractivity (Wildman–Crippen MR) is 84.7 cm³/mol. The second-order valence-electron chi connectivity index (χ2n) is 5.99. The zero-order chi connectivity index (χ0) is 15.8. The van der Waals surface area contributed by atoms with Crippen molar-refractivity contribution in [3.63, 3.8) is 0 Å². The van der Waals surface area contributed by atoms with E-state index in [-0.39, 0.29) is 17.6 Å². The van der Waals surface area contributed by atoms with E-state index in [1.807, 2.05) is 11.0 Å². The number of rotatable bonds is 2. The summed E-state index contributed by atoms with van der Waals surface area (Å²) in [6.45, 7) is 1.38. The molecule has 1 atom stereocenters. The SMILES string of the molecule is O=C(c1cc2cccc(F)c2[nH]1)N1CCC[C@@H](c2ccn[nH]2)C1. The quantitative estimate of drug-likeness (QED) is 0.764. The first-order valence-corrected chi connectivity index (χ1v) is 7.78. The van der Waals surface area contributed by atoms with Gasteiger partial charge in [0.25, 0.3) is 5.91 Å². The predicted octanol–water partition coefficient (Wildman–Crippen LogP) is 3.05. The molecule has 3 heterocycles. The number of carbonyl (C=O) groups is 1. The lowest BCUT2D eigenvalue weighted by Gasteiger charge is -2.32. The Morgan fingerprint density at radius 2 is 2.26 bits per heavy atom. The van der Waals surface area contributed by atoms with Crippen molar-refractivity contribution in [3.8, 4) is 0 Å². The first kappa shape index (κ1) is 14.0. The van der Waals surface area contributed by atoms with Crippen LogP contribution in [0.5, 0.6) is 0 Å². The third-order valence-corrected chi connectivity index (χ3v) is 4.51. The van der Waals surface area contributed by atoms with Gasteiger partial charge >= 0.3 is 0 Å². The van der Waals surface area contributed by atoms with Crippen molar-refractivity contribution in [1.29, 1.82) is 0 Å². The number of fused-ring (bicyclic) bond motifs is 1. The first-order valence-electron chi connectivity index (χ1n) is 7.78. The van der Waals surface area contributed by atoms with Gasteiger partial charge in [-0.25, -0.2) is 4.39 Å². The average Bonchev–Trinajstić information content (AvgIpc) is 3.24. The van der Waals surface area contributed by atoms with Crippen molar-refractivity contribution in [2.24, 2.45) is 0 Å². The van der Waals surface area contributed by atoms with E-state index < -0.39 is 0 Å². The van der Waals surface area contributed by atoms with Crippen LogP contribution in [-0.2, 0) is 0 Å². The van der Waals surface area contributed by atoms with Crippen molar-refractivity contribution in [1.82, 2.24) is 20.1 Å². The molecule has 0 radical (unpaired) electrons. The van der Waals surface area contributed by atoms with Crippen molar-refractivity contribution in [2.75, 3.05) is 13.1 Å². The number of aromatic nitrogens is 3. The molecule has 0 aliphatic carbocycles. The van der Waals surface area contributed by atoms with Crippen LogP contribution in [0.15, 0.2) is 36.5 Å². The number of piperidine rings is 1. The van der Waals surface area contributed by atoms with Crippen LogP contribution in [0.25, 0.3) is 10.9 Å². The van der Waals surface area contributed by atoms with E-state index in [0.717, 1.165) is 30.5 Å². The Balaban J connectivity index is 1.58. The third-order valence-electron chi connectivity index (χ3n) is 4.51. The summed E-state index contributed by atoms with van der Waals surface area (Å²) in [5, 5.41) is 7.70. The van der Waals surface area contributed by atoms with Gasteiger partial charge in [-0.3, -0.25) is 9.89 Å². The Kier molecular flexibility index (Phi) is 3.37. The van der Waals surface area contributed by atoms with Gasteiger partial charge in [0.1, 0.15) is 11.5 Å². The fourth-order valence-electron chi connectivity index (χ4n) is 3.31. The molecule has 0 unspecified atom stereocenters. The molecule has 3 aromatic rings. The zero-order valence-corrected chi connectivity index (χ0v) is 12.6. The Morgan fingerprint density at radius 1 is 1.35 bits per heavy atom. The number of amides is 1. The molecule has 4 rings (SSSR count). The topological polar surface area (TPSA) is 64.8 Å². The van der Waals surface area contributed by atoms with E-state index in [9.17, 15) is 9.18 Å². The maximum atomic E-state index is 13.8. The molecule has 2 N–H and O–H groups in total. The lowest BCUT2D eigenvalue weighted by Crippen LogP contribution is -2.39. The first-order chi connectivity index (χ1) is 11.2. The van der Waals surface area contributed by atoms with Crippen LogP contribution < -0.4 is 0 Å². The number of hydrogen-bond donors (Lipinski definition) is 2. The molecule has 1 amide bonds. The van der Waals surface area contributed by atoms with E-state index in [1.165, 1.54) is 6.07 Å². The summed E-state index contributed by atoms with van der Waals surface area (Å²) in [4.78, 5) is 17.5. The van der Waals surface area contributed by atoms with Crippen molar-refractivity contribution in [3.05, 3.63) is 53.7 Å². The molecule has 118 valence electrons. The van der Waals surface area contributed by atoms with Gasteiger partial charge in [-0.15, -0.1) is 0 Å². The van der Waals surface area contributed by atoms with E-state index >= 15 is 0 Å². The Morgan fingerprint density at radius 3 is 3.04 bits per heavy atom. The number of nitrogens with one attached hydrogen (secondary N) is 2. The summed E-state index contributed by atoms with van der Waals surface area (Å²) >= 11 is 0. The Labute approximate surface area is 132 Å². The molecule has 1 aliphatic rings. The van der Waals surface area contributed by atoms with Crippen LogP contribution in [-0.4, -0.2) is 39.1 Å². The standard InChI is InChI=1S/C17H17FN4O/c18-13-5-1-3-11-9-15(20-16(11)13)17(23)22-8-2-4-12(10-22)14-6-7-19-21-14/h1,3,5-7,9,12,20H,2,4,8,10H2,(H,19,21)/t12-/m1/s1. The number of carbonyl (C=O) groups excluding carboxylic acids is 1. The van der Waals surface area contributed by atoms with Crippen LogP contribution in [0.1, 0.15) is 34.9 Å². The van der Waals surface area contributed by atoms with Gasteiger partial charge in [0.05, 0.1) is 5.52 Å². The van der Waals surface area contributed by atoms with Crippen LogP contribution in [0.2, 0.25) is 0 Å². The third kappa shape index (κ3) is 2.50. The summed E-state index contributed by atoms with van der Waals surface area (Å²) < 4.78 is 13.8. The number of benzene rings is 1. The van der Waals surface area contributed by atoms with Crippen LogP contribution in [0, 0.1) is 5.82 Å². The van der Waals surface area contributed by atoms with Crippen LogP contribution >= 0.6 is 0 Å². The summed E-state index contributed by atoms with van der Waals surface area (Å²) in [5.74, 6) is -0.142. The zero-order valence-electron chi connectivity index (χ0n) is 12.6. The average molecular weight is 312 g/mol. The fourth-order valence-corrected chi connectivity index (χ4v) is 3.31. The van der Waals surface area contributed by atoms with Gasteiger partial charge in [0, 0.05) is 36.3 Å². The number of H-pyrrole nitrogens is 2. The number of aromatic amines is 2. The van der Waals surface area contributed by atoms with Gasteiger partial charge in [-0.05, 0) is 31.0 Å². The highest BCUT2D eigenvalue weighted by Gasteiger charge is 2.27. The fraction of sp³-hybridized carbons (Fsp3) is 0.294. The minimum absolute atomic E-state index is 0.0789. The molecule has 6 heteroatoms. The Bertz CT molecular complexity index is 840. The van der Waals surface area contributed by atoms with Crippen LogP contribution in [0.3, 0.4) is 0 Å². The maximum Gasteiger partial charge on any atom is 0.270 e. The minimum Gasteiger partial charge on any atom is -0.348 e. The number of nitrogens with zero attached hydrogens (tertiary/aromatic N) is 2. The van der Waals surface area contributed by atoms with Crippen molar-refractivity contribution >= 4 is 16.8 Å². The summed E-state index contributed by atoms with van der Waals surface area (Å²) in [6, 6.07) is 8.52. The number of para-hydroxylation sites is 1. The molecule has 0 saturated carbocycles. The summed E-state index contributed by atoms with van der Waals surface area (Å²) in [6.07, 6.45) is 3.72. The second kappa shape index (κ2) is 5.53. The van der Waals surface area contributed by atoms with Crippen LogP contribution in [0.4, 0.5) is 4.39 Å². The molecular weight excluding hydrogens is 295 g/mol. The molecule has 5 nitrogen and oxygen atoms in total. The monoisotopic (exact) mass is 312 g/mol. The van der Waals surface area contributed by atoms with E-state index in [0.29, 0.717) is 17.8 Å². The number of likely N-dealkylation sites (tertiary alicyclic amines) is 1. The minimum atomic E-state index is -0.337. The van der Waals surface area contributed by atoms with Gasteiger partial charge in [0.15, 0.2) is 0 Å². The number of halogens is 1. The lowest BCUT2D eigenvalue weighted by molar-refractivity contribution is 0.0701. The highest BCUT2D eigenvalue weighted by atomic mass is 19.1. The summed E-state index contributed by atoms with van der Waals surface area (Å²) in [7, 11) is 0. The number of hydrogen-bond acceptors (Lipinski definition) is 2. The highest BCUT2D eigenvalue weighted by Crippen LogP contribution is 2.27. The maximum absolute atomic E-state index is 13.8. The normalized spacial score (nSPS) is 18.5. The smallest absolute Gasteiger partial charge is 0.270 e. The largest absolute Gasteiger partial charge is 0.348 e. The molecule has 1 aromatic carbocycles. The molecule has 1 saturated heterocycles. The van der Waals surface area contributed by atoms with Gasteiger partial charge in [-0.2, -0.15) is 5.10 Å². The molecule has 2 aromatic heterocycles. The lowest BCUT2D eigenvalue weighted by atomic mass is 9.95. The second-order valence-corrected chi connectivity index (χ2v) is 5.99. The van der Waals surface area contributed by atoms with Gasteiger partial charge < -0.3 is 9.88 Å².